The van der Waals surface area contributed by atoms with E-state index in [1.807, 2.05) is 11.4 Å². The Kier molecular flexibility index (Phi) is 3.04. The van der Waals surface area contributed by atoms with Gasteiger partial charge in [-0.3, -0.25) is 0 Å². The minimum Gasteiger partial charge on any atom is -0.394 e. The van der Waals surface area contributed by atoms with Gasteiger partial charge in [0, 0.05) is 0 Å². The number of aliphatic hydroxyl groups excluding tert-OH is 2. The average Bonchev–Trinajstić information content (AvgIpc) is 2.78. The first-order valence-electron chi connectivity index (χ1n) is 4.87. The van der Waals surface area contributed by atoms with Gasteiger partial charge in [0.25, 0.3) is 0 Å². The third kappa shape index (κ3) is 1.99. The molecule has 0 bridgehead atoms. The summed E-state index contributed by atoms with van der Waals surface area (Å²) in [6, 6.07) is 1.91. The second kappa shape index (κ2) is 4.32. The maximum Gasteiger partial charge on any atom is 0.138 e. The summed E-state index contributed by atoms with van der Waals surface area (Å²) in [6.45, 7) is 1.39. The fraction of sp³-hybridized carbons (Fsp3) is 0.400. The van der Waals surface area contributed by atoms with Crippen LogP contribution in [0.4, 0.5) is 5.82 Å². The van der Waals surface area contributed by atoms with Crippen molar-refractivity contribution in [3.63, 3.8) is 0 Å². The van der Waals surface area contributed by atoms with Gasteiger partial charge in [-0.15, -0.1) is 11.3 Å². The van der Waals surface area contributed by atoms with Gasteiger partial charge in [-0.1, -0.05) is 0 Å². The van der Waals surface area contributed by atoms with Crippen molar-refractivity contribution in [2.24, 2.45) is 0 Å². The van der Waals surface area contributed by atoms with Crippen LogP contribution in [0.2, 0.25) is 0 Å². The van der Waals surface area contributed by atoms with Crippen LogP contribution < -0.4 is 5.32 Å². The van der Waals surface area contributed by atoms with Crippen molar-refractivity contribution < 1.29 is 10.2 Å². The van der Waals surface area contributed by atoms with Crippen LogP contribution in [0, 0.1) is 0 Å². The quantitative estimate of drug-likeness (QED) is 0.737. The number of rotatable bonds is 4. The lowest BCUT2D eigenvalue weighted by molar-refractivity contribution is 0.147. The maximum atomic E-state index is 9.21. The molecule has 16 heavy (non-hydrogen) atoms. The molecule has 0 aliphatic rings. The molecule has 0 amide bonds. The SMILES string of the molecule is CC(CO)(CO)Nc1ncnc2sccc12. The van der Waals surface area contributed by atoms with Crippen LogP contribution in [-0.4, -0.2) is 38.9 Å². The van der Waals surface area contributed by atoms with Gasteiger partial charge in [0.05, 0.1) is 24.1 Å². The summed E-state index contributed by atoms with van der Waals surface area (Å²) in [5, 5.41) is 24.3. The Morgan fingerprint density at radius 2 is 2.12 bits per heavy atom. The number of nitrogens with one attached hydrogen (secondary N) is 1. The largest absolute Gasteiger partial charge is 0.394 e. The molecule has 0 unspecified atom stereocenters. The third-order valence-corrected chi connectivity index (χ3v) is 3.20. The Hall–Kier alpha value is -1.24. The van der Waals surface area contributed by atoms with Gasteiger partial charge in [-0.2, -0.15) is 0 Å². The average molecular weight is 239 g/mol. The van der Waals surface area contributed by atoms with E-state index in [-0.39, 0.29) is 13.2 Å². The van der Waals surface area contributed by atoms with E-state index in [9.17, 15) is 10.2 Å². The minimum atomic E-state index is -0.775. The Balaban J connectivity index is 2.37. The van der Waals surface area contributed by atoms with Crippen LogP contribution >= 0.6 is 11.3 Å². The molecule has 0 spiro atoms. The van der Waals surface area contributed by atoms with Crippen molar-refractivity contribution in [3.05, 3.63) is 17.8 Å². The van der Waals surface area contributed by atoms with Gasteiger partial charge < -0.3 is 15.5 Å². The molecule has 0 aliphatic carbocycles. The second-order valence-electron chi connectivity index (χ2n) is 3.86. The Morgan fingerprint density at radius 1 is 1.38 bits per heavy atom. The highest BCUT2D eigenvalue weighted by atomic mass is 32.1. The summed E-state index contributed by atoms with van der Waals surface area (Å²) in [6.07, 6.45) is 1.47. The van der Waals surface area contributed by atoms with E-state index in [1.54, 1.807) is 6.92 Å². The number of nitrogens with zero attached hydrogens (tertiary/aromatic N) is 2. The third-order valence-electron chi connectivity index (χ3n) is 2.38. The molecule has 2 aromatic rings. The molecule has 0 saturated heterocycles. The highest BCUT2D eigenvalue weighted by Gasteiger charge is 2.23. The molecule has 2 heterocycles. The summed E-state index contributed by atoms with van der Waals surface area (Å²) in [5.41, 5.74) is -0.775. The molecule has 2 rings (SSSR count). The van der Waals surface area contributed by atoms with Crippen molar-refractivity contribution in [2.45, 2.75) is 12.5 Å². The van der Waals surface area contributed by atoms with Crippen LogP contribution in [0.3, 0.4) is 0 Å². The predicted octanol–water partition coefficient (Wildman–Crippen LogP) is 0.846. The number of anilines is 1. The van der Waals surface area contributed by atoms with Crippen LogP contribution in [0.5, 0.6) is 0 Å². The molecule has 6 heteroatoms. The Bertz CT molecular complexity index is 482. The second-order valence-corrected chi connectivity index (χ2v) is 4.76. The molecule has 0 radical (unpaired) electrons. The van der Waals surface area contributed by atoms with Gasteiger partial charge in [0.2, 0.25) is 0 Å². The van der Waals surface area contributed by atoms with E-state index >= 15 is 0 Å². The molecule has 0 fully saturated rings. The summed E-state index contributed by atoms with van der Waals surface area (Å²) >= 11 is 1.53. The van der Waals surface area contributed by atoms with E-state index in [0.29, 0.717) is 5.82 Å². The predicted molar refractivity (Wildman–Crippen MR) is 63.6 cm³/mol. The normalized spacial score (nSPS) is 11.9. The van der Waals surface area contributed by atoms with E-state index in [0.717, 1.165) is 10.2 Å². The van der Waals surface area contributed by atoms with Gasteiger partial charge in [0.15, 0.2) is 0 Å². The zero-order valence-corrected chi connectivity index (χ0v) is 9.66. The molecular formula is C10H13N3O2S. The first kappa shape index (κ1) is 11.3. The number of hydrogen-bond acceptors (Lipinski definition) is 6. The zero-order chi connectivity index (χ0) is 11.6. The van der Waals surface area contributed by atoms with Crippen molar-refractivity contribution in [1.82, 2.24) is 9.97 Å². The summed E-state index contributed by atoms with van der Waals surface area (Å²) in [5.74, 6) is 0.636. The van der Waals surface area contributed by atoms with Gasteiger partial charge in [-0.25, -0.2) is 9.97 Å². The van der Waals surface area contributed by atoms with Crippen molar-refractivity contribution >= 4 is 27.4 Å². The molecule has 3 N–H and O–H groups in total. The lowest BCUT2D eigenvalue weighted by atomic mass is 10.1. The highest BCUT2D eigenvalue weighted by Crippen LogP contribution is 2.25. The van der Waals surface area contributed by atoms with Crippen LogP contribution in [-0.2, 0) is 0 Å². The smallest absolute Gasteiger partial charge is 0.138 e. The first-order valence-corrected chi connectivity index (χ1v) is 5.74. The number of fused-ring (bicyclic) bond motifs is 1. The Labute approximate surface area is 96.8 Å². The minimum absolute atomic E-state index is 0.168. The number of aliphatic hydroxyl groups is 2. The van der Waals surface area contributed by atoms with E-state index in [4.69, 9.17) is 0 Å². The van der Waals surface area contributed by atoms with Crippen molar-refractivity contribution in [1.29, 1.82) is 0 Å². The number of thiophene rings is 1. The molecule has 86 valence electrons. The lowest BCUT2D eigenvalue weighted by Gasteiger charge is -2.26. The first-order chi connectivity index (χ1) is 7.68. The summed E-state index contributed by atoms with van der Waals surface area (Å²) < 4.78 is 0. The van der Waals surface area contributed by atoms with E-state index in [1.165, 1.54) is 17.7 Å². The van der Waals surface area contributed by atoms with Crippen LogP contribution in [0.25, 0.3) is 10.2 Å². The lowest BCUT2D eigenvalue weighted by Crippen LogP contribution is -2.42. The molecular weight excluding hydrogens is 226 g/mol. The topological polar surface area (TPSA) is 78.3 Å². The molecule has 2 aromatic heterocycles. The molecule has 0 atom stereocenters. The summed E-state index contributed by atoms with van der Waals surface area (Å²) in [4.78, 5) is 9.13. The summed E-state index contributed by atoms with van der Waals surface area (Å²) in [7, 11) is 0. The monoisotopic (exact) mass is 239 g/mol. The number of hydrogen-bond donors (Lipinski definition) is 3. The molecule has 5 nitrogen and oxygen atoms in total. The van der Waals surface area contributed by atoms with Crippen molar-refractivity contribution in [2.75, 3.05) is 18.5 Å². The Morgan fingerprint density at radius 3 is 2.81 bits per heavy atom. The highest BCUT2D eigenvalue weighted by molar-refractivity contribution is 7.16. The number of aromatic nitrogens is 2. The van der Waals surface area contributed by atoms with E-state index in [2.05, 4.69) is 15.3 Å². The molecule has 0 aliphatic heterocycles. The van der Waals surface area contributed by atoms with E-state index < -0.39 is 5.54 Å². The fourth-order valence-electron chi connectivity index (χ4n) is 1.30. The van der Waals surface area contributed by atoms with Crippen molar-refractivity contribution in [3.8, 4) is 0 Å². The van der Waals surface area contributed by atoms with Crippen LogP contribution in [0.1, 0.15) is 6.92 Å². The maximum absolute atomic E-state index is 9.21. The standard InChI is InChI=1S/C10H13N3O2S/c1-10(4-14,5-15)13-8-7-2-3-16-9(7)12-6-11-8/h2-3,6,14-15H,4-5H2,1H3,(H,11,12,13). The molecule has 0 saturated carbocycles. The van der Waals surface area contributed by atoms with Crippen LogP contribution in [0.15, 0.2) is 17.8 Å². The fourth-order valence-corrected chi connectivity index (χ4v) is 2.04. The van der Waals surface area contributed by atoms with Gasteiger partial charge in [-0.05, 0) is 18.4 Å². The zero-order valence-electron chi connectivity index (χ0n) is 8.84. The van der Waals surface area contributed by atoms with Gasteiger partial charge in [0.1, 0.15) is 17.0 Å². The molecule has 0 aromatic carbocycles. The van der Waals surface area contributed by atoms with Gasteiger partial charge >= 0.3 is 0 Å².